The SMILES string of the molecule is NC(Cc1ccc(O)cc1)C(=O)NC(Cc1ccc(O)cc1)C(=O)NC(CO)C(=O)NC(CCC(=O)O)C(=O)O. The summed E-state index contributed by atoms with van der Waals surface area (Å²) >= 11 is 0. The number of carbonyl (C=O) groups is 5. The van der Waals surface area contributed by atoms with Crippen LogP contribution in [0.25, 0.3) is 0 Å². The molecule has 4 unspecified atom stereocenters. The minimum Gasteiger partial charge on any atom is -0.508 e. The van der Waals surface area contributed by atoms with Crippen molar-refractivity contribution in [3.05, 3.63) is 59.7 Å². The number of rotatable bonds is 15. The molecule has 0 aliphatic carbocycles. The lowest BCUT2D eigenvalue weighted by Gasteiger charge is -2.24. The predicted molar refractivity (Wildman–Crippen MR) is 139 cm³/mol. The van der Waals surface area contributed by atoms with Crippen LogP contribution in [0.1, 0.15) is 24.0 Å². The summed E-state index contributed by atoms with van der Waals surface area (Å²) in [6.45, 7) is -0.927. The standard InChI is InChI=1S/C26H32N4O10/c27-18(11-14-1-5-16(32)6-2-14)23(36)29-20(12-15-3-7-17(33)8-4-15)24(37)30-21(13-31)25(38)28-19(26(39)40)9-10-22(34)35/h1-8,18-21,31-33H,9-13,27H2,(H,28,38)(H,29,36)(H,30,37)(H,34,35)(H,39,40). The first-order valence-corrected chi connectivity index (χ1v) is 12.2. The number of hydrogen-bond donors (Lipinski definition) is 9. The van der Waals surface area contributed by atoms with Gasteiger partial charge in [0.25, 0.3) is 0 Å². The molecule has 0 bridgehead atoms. The van der Waals surface area contributed by atoms with E-state index in [1.54, 1.807) is 12.1 Å². The van der Waals surface area contributed by atoms with Crippen molar-refractivity contribution in [2.45, 2.75) is 49.9 Å². The van der Waals surface area contributed by atoms with Crippen LogP contribution in [0.5, 0.6) is 11.5 Å². The molecular formula is C26H32N4O10. The van der Waals surface area contributed by atoms with Crippen LogP contribution < -0.4 is 21.7 Å². The van der Waals surface area contributed by atoms with Gasteiger partial charge in [0.1, 0.15) is 29.6 Å². The Morgan fingerprint density at radius 2 is 1.12 bits per heavy atom. The van der Waals surface area contributed by atoms with E-state index in [9.17, 15) is 44.4 Å². The van der Waals surface area contributed by atoms with Crippen LogP contribution in [0.3, 0.4) is 0 Å². The number of phenolic OH excluding ortho intramolecular Hbond substituents is 2. The summed E-state index contributed by atoms with van der Waals surface area (Å²) < 4.78 is 0. The lowest BCUT2D eigenvalue weighted by molar-refractivity contribution is -0.143. The third-order valence-electron chi connectivity index (χ3n) is 5.81. The molecule has 0 fully saturated rings. The van der Waals surface area contributed by atoms with Gasteiger partial charge >= 0.3 is 11.9 Å². The minimum absolute atomic E-state index is 0.0300. The van der Waals surface area contributed by atoms with Crippen molar-refractivity contribution in [3.63, 3.8) is 0 Å². The first kappa shape index (κ1) is 31.5. The summed E-state index contributed by atoms with van der Waals surface area (Å²) in [5.41, 5.74) is 7.19. The average Bonchev–Trinajstić information content (AvgIpc) is 2.91. The van der Waals surface area contributed by atoms with Gasteiger partial charge in [-0.3, -0.25) is 19.2 Å². The number of phenols is 2. The molecule has 0 spiro atoms. The molecule has 0 aliphatic heterocycles. The Morgan fingerprint density at radius 1 is 0.675 bits per heavy atom. The molecule has 10 N–H and O–H groups in total. The maximum atomic E-state index is 13.1. The molecule has 14 nitrogen and oxygen atoms in total. The van der Waals surface area contributed by atoms with Crippen LogP contribution in [0.2, 0.25) is 0 Å². The first-order chi connectivity index (χ1) is 18.9. The number of carboxylic acids is 2. The van der Waals surface area contributed by atoms with Crippen molar-refractivity contribution >= 4 is 29.7 Å². The van der Waals surface area contributed by atoms with E-state index >= 15 is 0 Å². The van der Waals surface area contributed by atoms with E-state index in [4.69, 9.17) is 10.8 Å². The van der Waals surface area contributed by atoms with Gasteiger partial charge in [-0.1, -0.05) is 24.3 Å². The van der Waals surface area contributed by atoms with Crippen LogP contribution in [0.15, 0.2) is 48.5 Å². The fraction of sp³-hybridized carbons (Fsp3) is 0.346. The van der Waals surface area contributed by atoms with Gasteiger partial charge in [0, 0.05) is 12.8 Å². The van der Waals surface area contributed by atoms with Crippen LogP contribution in [0, 0.1) is 0 Å². The minimum atomic E-state index is -1.62. The average molecular weight is 561 g/mol. The van der Waals surface area contributed by atoms with E-state index in [1.165, 1.54) is 36.4 Å². The first-order valence-electron chi connectivity index (χ1n) is 12.2. The second-order valence-electron chi connectivity index (χ2n) is 8.98. The number of hydrogen-bond acceptors (Lipinski definition) is 9. The molecule has 0 radical (unpaired) electrons. The van der Waals surface area contributed by atoms with Crippen LogP contribution >= 0.6 is 0 Å². The van der Waals surface area contributed by atoms with Crippen molar-refractivity contribution in [2.75, 3.05) is 6.61 Å². The molecule has 0 heterocycles. The maximum Gasteiger partial charge on any atom is 0.326 e. The number of aliphatic carboxylic acids is 2. The maximum absolute atomic E-state index is 13.1. The van der Waals surface area contributed by atoms with Gasteiger partial charge in [0.05, 0.1) is 12.6 Å². The summed E-state index contributed by atoms with van der Waals surface area (Å²) in [4.78, 5) is 60.8. The fourth-order valence-corrected chi connectivity index (χ4v) is 3.60. The number of carbonyl (C=O) groups excluding carboxylic acids is 3. The van der Waals surface area contributed by atoms with Crippen molar-refractivity contribution in [2.24, 2.45) is 5.73 Å². The lowest BCUT2D eigenvalue weighted by Crippen LogP contribution is -2.58. The van der Waals surface area contributed by atoms with E-state index in [0.29, 0.717) is 11.1 Å². The van der Waals surface area contributed by atoms with Gasteiger partial charge in [-0.25, -0.2) is 4.79 Å². The molecule has 4 atom stereocenters. The van der Waals surface area contributed by atoms with Crippen LogP contribution in [0.4, 0.5) is 0 Å². The zero-order valence-electron chi connectivity index (χ0n) is 21.3. The molecule has 40 heavy (non-hydrogen) atoms. The highest BCUT2D eigenvalue weighted by molar-refractivity contribution is 5.94. The Kier molecular flexibility index (Phi) is 11.9. The summed E-state index contributed by atoms with van der Waals surface area (Å²) in [5.74, 6) is -5.46. The molecule has 0 aromatic heterocycles. The predicted octanol–water partition coefficient (Wildman–Crippen LogP) is -1.39. The third-order valence-corrected chi connectivity index (χ3v) is 5.81. The second-order valence-corrected chi connectivity index (χ2v) is 8.98. The molecule has 0 saturated heterocycles. The number of aliphatic hydroxyl groups excluding tert-OH is 1. The van der Waals surface area contributed by atoms with Gasteiger partial charge in [-0.15, -0.1) is 0 Å². The largest absolute Gasteiger partial charge is 0.508 e. The van der Waals surface area contributed by atoms with E-state index in [0.717, 1.165) is 0 Å². The van der Waals surface area contributed by atoms with Gasteiger partial charge in [-0.2, -0.15) is 0 Å². The number of nitrogens with one attached hydrogen (secondary N) is 3. The van der Waals surface area contributed by atoms with E-state index in [2.05, 4.69) is 16.0 Å². The lowest BCUT2D eigenvalue weighted by atomic mass is 10.0. The van der Waals surface area contributed by atoms with Crippen molar-refractivity contribution < 1.29 is 49.5 Å². The molecule has 14 heteroatoms. The number of benzene rings is 2. The topological polar surface area (TPSA) is 249 Å². The monoisotopic (exact) mass is 560 g/mol. The fourth-order valence-electron chi connectivity index (χ4n) is 3.60. The van der Waals surface area contributed by atoms with Crippen molar-refractivity contribution in [1.82, 2.24) is 16.0 Å². The van der Waals surface area contributed by atoms with Crippen LogP contribution in [-0.4, -0.2) is 86.0 Å². The highest BCUT2D eigenvalue weighted by Gasteiger charge is 2.30. The number of aromatic hydroxyl groups is 2. The highest BCUT2D eigenvalue weighted by Crippen LogP contribution is 2.13. The molecular weight excluding hydrogens is 528 g/mol. The number of aliphatic hydroxyl groups is 1. The number of nitrogens with two attached hydrogens (primary N) is 1. The molecule has 2 aromatic rings. The summed E-state index contributed by atoms with van der Waals surface area (Å²) in [6.07, 6.45) is -0.992. The zero-order chi connectivity index (χ0) is 29.8. The Labute approximate surface area is 228 Å². The van der Waals surface area contributed by atoms with Crippen molar-refractivity contribution in [3.8, 4) is 11.5 Å². The number of amides is 3. The summed E-state index contributed by atoms with van der Waals surface area (Å²) in [5, 5.41) is 53.6. The van der Waals surface area contributed by atoms with E-state index in [-0.39, 0.29) is 24.3 Å². The number of carboxylic acid groups (broad SMARTS) is 2. The summed E-state index contributed by atoms with van der Waals surface area (Å²) in [7, 11) is 0. The van der Waals surface area contributed by atoms with Gasteiger partial charge in [-0.05, 0) is 48.2 Å². The second kappa shape index (κ2) is 15.0. The van der Waals surface area contributed by atoms with Gasteiger partial charge in [0.2, 0.25) is 17.7 Å². The molecule has 0 aliphatic rings. The molecule has 216 valence electrons. The van der Waals surface area contributed by atoms with Crippen LogP contribution in [-0.2, 0) is 36.8 Å². The highest BCUT2D eigenvalue weighted by atomic mass is 16.4. The third kappa shape index (κ3) is 10.2. The summed E-state index contributed by atoms with van der Waals surface area (Å²) in [6, 6.07) is 6.17. The van der Waals surface area contributed by atoms with Gasteiger partial charge in [0.15, 0.2) is 0 Å². The van der Waals surface area contributed by atoms with E-state index in [1.807, 2.05) is 0 Å². The molecule has 2 aromatic carbocycles. The molecule has 2 rings (SSSR count). The Morgan fingerprint density at radius 3 is 1.60 bits per heavy atom. The van der Waals surface area contributed by atoms with Gasteiger partial charge < -0.3 is 47.2 Å². The quantitative estimate of drug-likeness (QED) is 0.123. The smallest absolute Gasteiger partial charge is 0.326 e. The Hall–Kier alpha value is -4.69. The molecule has 3 amide bonds. The normalized spacial score (nSPS) is 13.8. The molecule has 0 saturated carbocycles. The Balaban J connectivity index is 2.16. The Bertz CT molecular complexity index is 1190. The zero-order valence-corrected chi connectivity index (χ0v) is 21.3. The van der Waals surface area contributed by atoms with Crippen molar-refractivity contribution in [1.29, 1.82) is 0 Å². The van der Waals surface area contributed by atoms with E-state index < -0.39 is 73.3 Å².